The molecule has 0 bridgehead atoms. The lowest BCUT2D eigenvalue weighted by Crippen LogP contribution is -2.54. The summed E-state index contributed by atoms with van der Waals surface area (Å²) >= 11 is 0. The Bertz CT molecular complexity index is 331. The van der Waals surface area contributed by atoms with Crippen molar-refractivity contribution in [1.29, 1.82) is 0 Å². The molecule has 1 rings (SSSR count). The van der Waals surface area contributed by atoms with Crippen LogP contribution in [0.4, 0.5) is 0 Å². The Morgan fingerprint density at radius 2 is 1.52 bits per heavy atom. The largest absolute Gasteiger partial charge is 0.383 e. The summed E-state index contributed by atoms with van der Waals surface area (Å²) in [6.07, 6.45) is 3.02. The molecule has 2 amide bonds. The van der Waals surface area contributed by atoms with Gasteiger partial charge in [0.05, 0.1) is 13.2 Å². The molecule has 0 radical (unpaired) electrons. The summed E-state index contributed by atoms with van der Waals surface area (Å²) < 4.78 is 10.0. The average molecular weight is 300 g/mol. The van der Waals surface area contributed by atoms with Crippen LogP contribution in [0.3, 0.4) is 0 Å². The lowest BCUT2D eigenvalue weighted by molar-refractivity contribution is -0.156. The second-order valence-corrected chi connectivity index (χ2v) is 5.62. The van der Waals surface area contributed by atoms with Crippen molar-refractivity contribution in [3.63, 3.8) is 0 Å². The quantitative estimate of drug-likeness (QED) is 0.684. The first-order valence-corrected chi connectivity index (χ1v) is 7.62. The number of carbonyl (C=O) groups excluding carboxylic acids is 2. The monoisotopic (exact) mass is 300 g/mol. The molecule has 122 valence electrons. The van der Waals surface area contributed by atoms with Gasteiger partial charge in [-0.2, -0.15) is 0 Å². The van der Waals surface area contributed by atoms with Gasteiger partial charge >= 0.3 is 11.8 Å². The highest BCUT2D eigenvalue weighted by atomic mass is 16.5. The normalized spacial score (nSPS) is 22.2. The highest BCUT2D eigenvalue weighted by Crippen LogP contribution is 2.22. The summed E-state index contributed by atoms with van der Waals surface area (Å²) in [4.78, 5) is 28.3. The molecule has 0 aliphatic carbocycles. The Morgan fingerprint density at radius 1 is 1.05 bits per heavy atom. The summed E-state index contributed by atoms with van der Waals surface area (Å²) in [5.41, 5.74) is 0. The molecule has 1 fully saturated rings. The fourth-order valence-electron chi connectivity index (χ4n) is 2.79. The van der Waals surface area contributed by atoms with Crippen molar-refractivity contribution >= 4 is 11.8 Å². The number of carbonyl (C=O) groups is 2. The number of ether oxygens (including phenoxy) is 2. The molecule has 1 saturated heterocycles. The topological polar surface area (TPSA) is 59.1 Å². The molecular formula is C15H28N2O4. The van der Waals surface area contributed by atoms with Gasteiger partial charge in [-0.3, -0.25) is 9.59 Å². The maximum Gasteiger partial charge on any atom is 0.312 e. The zero-order valence-electron chi connectivity index (χ0n) is 13.6. The van der Waals surface area contributed by atoms with Crippen molar-refractivity contribution in [3.05, 3.63) is 0 Å². The van der Waals surface area contributed by atoms with Gasteiger partial charge in [0.2, 0.25) is 0 Å². The maximum absolute atomic E-state index is 12.5. The van der Waals surface area contributed by atoms with Gasteiger partial charge in [0, 0.05) is 39.4 Å². The minimum absolute atomic E-state index is 0.122. The first kappa shape index (κ1) is 17.9. The first-order chi connectivity index (χ1) is 10.0. The van der Waals surface area contributed by atoms with E-state index >= 15 is 0 Å². The smallest absolute Gasteiger partial charge is 0.312 e. The van der Waals surface area contributed by atoms with Gasteiger partial charge in [0.15, 0.2) is 0 Å². The predicted molar refractivity (Wildman–Crippen MR) is 80.0 cm³/mol. The van der Waals surface area contributed by atoms with Crippen LogP contribution in [0.1, 0.15) is 33.1 Å². The van der Waals surface area contributed by atoms with Crippen molar-refractivity contribution in [1.82, 2.24) is 9.80 Å². The SMILES string of the molecule is COCCN(CCOC)C(=O)C(=O)N1C(C)CCCC1C. The van der Waals surface area contributed by atoms with Crippen LogP contribution in [0.5, 0.6) is 0 Å². The van der Waals surface area contributed by atoms with Crippen molar-refractivity contribution < 1.29 is 19.1 Å². The molecule has 2 atom stereocenters. The summed E-state index contributed by atoms with van der Waals surface area (Å²) in [5, 5.41) is 0. The van der Waals surface area contributed by atoms with E-state index in [0.29, 0.717) is 26.3 Å². The third-order valence-electron chi connectivity index (χ3n) is 4.03. The van der Waals surface area contributed by atoms with E-state index in [9.17, 15) is 9.59 Å². The van der Waals surface area contributed by atoms with E-state index in [4.69, 9.17) is 9.47 Å². The molecule has 0 N–H and O–H groups in total. The average Bonchev–Trinajstić information content (AvgIpc) is 2.46. The Labute approximate surface area is 127 Å². The molecule has 0 spiro atoms. The molecule has 1 aliphatic heterocycles. The van der Waals surface area contributed by atoms with Crippen LogP contribution in [0.25, 0.3) is 0 Å². The Morgan fingerprint density at radius 3 is 1.95 bits per heavy atom. The molecule has 6 nitrogen and oxygen atoms in total. The molecular weight excluding hydrogens is 272 g/mol. The Hall–Kier alpha value is -1.14. The van der Waals surface area contributed by atoms with Crippen molar-refractivity contribution in [2.24, 2.45) is 0 Å². The number of amides is 2. The summed E-state index contributed by atoms with van der Waals surface area (Å²) in [6, 6.07) is 0.244. The number of nitrogens with zero attached hydrogens (tertiary/aromatic N) is 2. The second-order valence-electron chi connectivity index (χ2n) is 5.62. The number of hydrogen-bond donors (Lipinski definition) is 0. The van der Waals surface area contributed by atoms with Crippen molar-refractivity contribution in [2.45, 2.75) is 45.2 Å². The molecule has 21 heavy (non-hydrogen) atoms. The molecule has 0 aromatic carbocycles. The van der Waals surface area contributed by atoms with Gasteiger partial charge in [-0.05, 0) is 33.1 Å². The van der Waals surface area contributed by atoms with Gasteiger partial charge < -0.3 is 19.3 Å². The minimum atomic E-state index is -0.454. The lowest BCUT2D eigenvalue weighted by Gasteiger charge is -2.39. The van der Waals surface area contributed by atoms with Crippen LogP contribution in [0, 0.1) is 0 Å². The highest BCUT2D eigenvalue weighted by molar-refractivity contribution is 6.35. The summed E-state index contributed by atoms with van der Waals surface area (Å²) in [7, 11) is 3.16. The van der Waals surface area contributed by atoms with Crippen LogP contribution in [0.15, 0.2) is 0 Å². The number of piperidine rings is 1. The fraction of sp³-hybridized carbons (Fsp3) is 0.867. The van der Waals surface area contributed by atoms with E-state index in [1.54, 1.807) is 19.1 Å². The van der Waals surface area contributed by atoms with Gasteiger partial charge in [-0.25, -0.2) is 0 Å². The van der Waals surface area contributed by atoms with E-state index in [2.05, 4.69) is 0 Å². The van der Waals surface area contributed by atoms with E-state index in [1.165, 1.54) is 4.90 Å². The van der Waals surface area contributed by atoms with Crippen molar-refractivity contribution in [2.75, 3.05) is 40.5 Å². The molecule has 1 heterocycles. The number of rotatable bonds is 6. The van der Waals surface area contributed by atoms with Gasteiger partial charge in [0.25, 0.3) is 0 Å². The summed E-state index contributed by atoms with van der Waals surface area (Å²) in [5.74, 6) is -0.855. The maximum atomic E-state index is 12.5. The molecule has 0 aromatic heterocycles. The van der Waals surface area contributed by atoms with E-state index in [0.717, 1.165) is 19.3 Å². The highest BCUT2D eigenvalue weighted by Gasteiger charge is 2.34. The number of methoxy groups -OCH3 is 2. The Kier molecular flexibility index (Phi) is 7.67. The summed E-state index contributed by atoms with van der Waals surface area (Å²) in [6.45, 7) is 5.65. The first-order valence-electron chi connectivity index (χ1n) is 7.62. The van der Waals surface area contributed by atoms with Crippen LogP contribution in [-0.4, -0.2) is 74.2 Å². The van der Waals surface area contributed by atoms with Crippen LogP contribution < -0.4 is 0 Å². The van der Waals surface area contributed by atoms with Gasteiger partial charge in [-0.15, -0.1) is 0 Å². The molecule has 0 aromatic rings. The Balaban J connectivity index is 2.73. The predicted octanol–water partition coefficient (Wildman–Crippen LogP) is 0.897. The lowest BCUT2D eigenvalue weighted by atomic mass is 9.97. The van der Waals surface area contributed by atoms with Gasteiger partial charge in [-0.1, -0.05) is 0 Å². The molecule has 0 saturated carbocycles. The third kappa shape index (κ3) is 4.97. The number of likely N-dealkylation sites (tertiary alicyclic amines) is 1. The zero-order valence-corrected chi connectivity index (χ0v) is 13.6. The van der Waals surface area contributed by atoms with Crippen LogP contribution in [0.2, 0.25) is 0 Å². The minimum Gasteiger partial charge on any atom is -0.383 e. The third-order valence-corrected chi connectivity index (χ3v) is 4.03. The standard InChI is InChI=1S/C15H28N2O4/c1-12-6-5-7-13(2)17(12)15(19)14(18)16(8-10-20-3)9-11-21-4/h12-13H,5-11H2,1-4H3. The van der Waals surface area contributed by atoms with Crippen LogP contribution in [-0.2, 0) is 19.1 Å². The van der Waals surface area contributed by atoms with Crippen LogP contribution >= 0.6 is 0 Å². The van der Waals surface area contributed by atoms with E-state index in [1.807, 2.05) is 13.8 Å². The fourth-order valence-corrected chi connectivity index (χ4v) is 2.79. The van der Waals surface area contributed by atoms with E-state index in [-0.39, 0.29) is 12.1 Å². The van der Waals surface area contributed by atoms with Gasteiger partial charge in [0.1, 0.15) is 0 Å². The number of hydrogen-bond acceptors (Lipinski definition) is 4. The molecule has 2 unspecified atom stereocenters. The van der Waals surface area contributed by atoms with E-state index < -0.39 is 11.8 Å². The van der Waals surface area contributed by atoms with Crippen molar-refractivity contribution in [3.8, 4) is 0 Å². The second kappa shape index (κ2) is 9.00. The zero-order chi connectivity index (χ0) is 15.8. The molecule has 6 heteroatoms. The molecule has 1 aliphatic rings.